The van der Waals surface area contributed by atoms with Gasteiger partial charge in [-0.25, -0.2) is 0 Å². The van der Waals surface area contributed by atoms with Crippen LogP contribution in [0.3, 0.4) is 0 Å². The van der Waals surface area contributed by atoms with Crippen molar-refractivity contribution in [3.63, 3.8) is 0 Å². The first-order chi connectivity index (χ1) is 45.3. The first-order valence-electron chi connectivity index (χ1n) is 35.6. The molecule has 0 aromatic heterocycles. The number of rotatable bonds is 53. The van der Waals surface area contributed by atoms with Crippen molar-refractivity contribution in [1.82, 2.24) is 5.32 Å². The first-order valence-corrected chi connectivity index (χ1v) is 35.6. The number of hydrogen-bond acceptors (Lipinski definition) is 18. The molecule has 19 nitrogen and oxygen atoms in total. The number of carbonyl (C=O) groups is 1. The SMILES string of the molecule is CC/C=C\C/C=C\C/C=C\C/C=C\C/C=C\C/C=C\C/C=C\C/C=C\C/C=C\CCCC(=O)NC(COC1OC(CO)C(OC2OC(CO)C(OC3OC(CO)C(O)C(O)C3O)C(O)C2O)C(O)C1O)C(O)CCCCCCCCCCCCCCCCCCCCC. The van der Waals surface area contributed by atoms with Crippen molar-refractivity contribution in [2.24, 2.45) is 0 Å². The third-order valence-corrected chi connectivity index (χ3v) is 17.1. The minimum Gasteiger partial charge on any atom is -0.394 e. The second kappa shape index (κ2) is 54.5. The molecule has 19 heteroatoms. The number of allylic oxidation sites excluding steroid dienone is 18. The Morgan fingerprint density at radius 2 is 0.731 bits per heavy atom. The molecular formula is C74H125NO18. The number of aliphatic hydroxyl groups is 11. The largest absolute Gasteiger partial charge is 0.394 e. The van der Waals surface area contributed by atoms with Crippen LogP contribution in [0.5, 0.6) is 0 Å². The lowest BCUT2D eigenvalue weighted by Gasteiger charge is -2.48. The fourth-order valence-electron chi connectivity index (χ4n) is 11.4. The molecule has 0 bridgehead atoms. The Morgan fingerprint density at radius 1 is 0.398 bits per heavy atom. The lowest BCUT2D eigenvalue weighted by molar-refractivity contribution is -0.379. The van der Waals surface area contributed by atoms with Crippen LogP contribution >= 0.6 is 0 Å². The second-order valence-electron chi connectivity index (χ2n) is 25.0. The van der Waals surface area contributed by atoms with Crippen LogP contribution in [0.1, 0.15) is 219 Å². The van der Waals surface area contributed by atoms with Gasteiger partial charge in [0, 0.05) is 6.42 Å². The number of hydrogen-bond donors (Lipinski definition) is 12. The van der Waals surface area contributed by atoms with E-state index in [2.05, 4.69) is 122 Å². The molecule has 3 fully saturated rings. The van der Waals surface area contributed by atoms with Crippen LogP contribution in [0.2, 0.25) is 0 Å². The molecule has 1 amide bonds. The van der Waals surface area contributed by atoms with Crippen molar-refractivity contribution >= 4 is 5.91 Å². The summed E-state index contributed by atoms with van der Waals surface area (Å²) in [6, 6.07) is -0.927. The molecule has 17 unspecified atom stereocenters. The molecule has 17 atom stereocenters. The Bertz CT molecular complexity index is 2110. The third kappa shape index (κ3) is 36.0. The molecule has 12 N–H and O–H groups in total. The van der Waals surface area contributed by atoms with Crippen molar-refractivity contribution in [2.75, 3.05) is 26.4 Å². The molecule has 3 saturated heterocycles. The van der Waals surface area contributed by atoms with E-state index in [1.807, 2.05) is 6.08 Å². The van der Waals surface area contributed by atoms with Crippen LogP contribution in [-0.2, 0) is 33.2 Å². The summed E-state index contributed by atoms with van der Waals surface area (Å²) in [5, 5.41) is 121. The molecule has 0 aromatic carbocycles. The Labute approximate surface area is 557 Å². The van der Waals surface area contributed by atoms with Gasteiger partial charge in [-0.2, -0.15) is 0 Å². The molecule has 0 saturated carbocycles. The summed E-state index contributed by atoms with van der Waals surface area (Å²) >= 11 is 0. The highest BCUT2D eigenvalue weighted by atomic mass is 16.8. The number of nitrogens with one attached hydrogen (secondary N) is 1. The maximum absolute atomic E-state index is 13.4. The standard InChI is InChI=1S/C74H125NO18/c1-3-5-7-9-11-13-15-17-19-21-23-24-25-26-27-28-29-30-31-32-34-36-38-40-42-44-46-48-50-52-62(80)75-57(58(79)51-49-47-45-43-41-39-37-35-33-22-20-18-16-14-12-10-8-6-4-2)56-88-72-68(86)65(83)70(60(54-77)90-72)93-74-69(87)66(84)71(61(55-78)91-74)92-73-67(85)64(82)63(81)59(53-76)89-73/h5,7,11,13,17,19,23-24,26-27,29-30,32,34,38,40,44,46,57-61,63-74,76-79,81-87H,3-4,6,8-10,12,14-16,18,20-22,25,28,31,33,35-37,39,41-43,45,47-56H2,1-2H3,(H,75,80)/b7-5-,13-11-,19-17-,24-23-,27-26-,30-29-,34-32-,40-38-,46-44-. The summed E-state index contributed by atoms with van der Waals surface area (Å²) < 4.78 is 34.4. The molecule has 93 heavy (non-hydrogen) atoms. The molecule has 3 aliphatic heterocycles. The maximum Gasteiger partial charge on any atom is 0.220 e. The van der Waals surface area contributed by atoms with Crippen LogP contribution in [0, 0.1) is 0 Å². The predicted octanol–water partition coefficient (Wildman–Crippen LogP) is 9.83. The Kier molecular flexibility index (Phi) is 49.0. The van der Waals surface area contributed by atoms with E-state index in [1.54, 1.807) is 0 Å². The number of ether oxygens (including phenoxy) is 6. The fraction of sp³-hybridized carbons (Fsp3) is 0.743. The summed E-state index contributed by atoms with van der Waals surface area (Å²) in [5.41, 5.74) is 0. The van der Waals surface area contributed by atoms with E-state index in [4.69, 9.17) is 28.4 Å². The molecule has 0 aromatic rings. The van der Waals surface area contributed by atoms with Gasteiger partial charge in [0.15, 0.2) is 18.9 Å². The molecule has 0 radical (unpaired) electrons. The van der Waals surface area contributed by atoms with Crippen LogP contribution in [0.15, 0.2) is 109 Å². The van der Waals surface area contributed by atoms with Crippen LogP contribution < -0.4 is 5.32 Å². The van der Waals surface area contributed by atoms with E-state index < -0.39 is 124 Å². The summed E-state index contributed by atoms with van der Waals surface area (Å²) in [5.74, 6) is -0.304. The van der Waals surface area contributed by atoms with Crippen molar-refractivity contribution in [3.05, 3.63) is 109 Å². The predicted molar refractivity (Wildman–Crippen MR) is 364 cm³/mol. The zero-order valence-corrected chi connectivity index (χ0v) is 56.4. The highest BCUT2D eigenvalue weighted by Crippen LogP contribution is 2.33. The van der Waals surface area contributed by atoms with Crippen molar-refractivity contribution in [1.29, 1.82) is 0 Å². The second-order valence-corrected chi connectivity index (χ2v) is 25.0. The minimum absolute atomic E-state index is 0.179. The maximum atomic E-state index is 13.4. The van der Waals surface area contributed by atoms with Gasteiger partial charge in [-0.1, -0.05) is 245 Å². The van der Waals surface area contributed by atoms with E-state index in [-0.39, 0.29) is 18.9 Å². The highest BCUT2D eigenvalue weighted by molar-refractivity contribution is 5.76. The number of unbranched alkanes of at least 4 members (excludes halogenated alkanes) is 19. The van der Waals surface area contributed by atoms with E-state index in [9.17, 15) is 61.0 Å². The third-order valence-electron chi connectivity index (χ3n) is 17.1. The van der Waals surface area contributed by atoms with Gasteiger partial charge in [0.2, 0.25) is 5.91 Å². The average molecular weight is 1320 g/mol. The normalized spacial score (nSPS) is 28.2. The van der Waals surface area contributed by atoms with E-state index in [0.717, 1.165) is 77.0 Å². The van der Waals surface area contributed by atoms with Gasteiger partial charge in [0.05, 0.1) is 38.6 Å². The van der Waals surface area contributed by atoms with Gasteiger partial charge in [-0.3, -0.25) is 4.79 Å². The number of amides is 1. The summed E-state index contributed by atoms with van der Waals surface area (Å²) in [7, 11) is 0. The van der Waals surface area contributed by atoms with Gasteiger partial charge >= 0.3 is 0 Å². The molecule has 0 spiro atoms. The van der Waals surface area contributed by atoms with Crippen molar-refractivity contribution in [2.45, 2.75) is 324 Å². The van der Waals surface area contributed by atoms with Crippen LogP contribution in [-0.4, -0.2) is 193 Å². The van der Waals surface area contributed by atoms with E-state index >= 15 is 0 Å². The topological polar surface area (TPSA) is 307 Å². The Morgan fingerprint density at radius 3 is 1.12 bits per heavy atom. The molecule has 534 valence electrons. The molecule has 3 heterocycles. The zero-order valence-electron chi connectivity index (χ0n) is 56.4. The molecule has 3 rings (SSSR count). The van der Waals surface area contributed by atoms with Gasteiger partial charge in [0.1, 0.15) is 73.2 Å². The molecule has 0 aliphatic carbocycles. The monoisotopic (exact) mass is 1320 g/mol. The molecular weight excluding hydrogens is 1190 g/mol. The fourth-order valence-corrected chi connectivity index (χ4v) is 11.4. The van der Waals surface area contributed by atoms with Gasteiger partial charge < -0.3 is 89.9 Å². The van der Waals surface area contributed by atoms with E-state index in [1.165, 1.54) is 96.3 Å². The highest BCUT2D eigenvalue weighted by Gasteiger charge is 2.53. The zero-order chi connectivity index (χ0) is 67.5. The summed E-state index contributed by atoms with van der Waals surface area (Å²) in [6.07, 6.45) is 45.9. The quantitative estimate of drug-likeness (QED) is 0.0199. The first kappa shape index (κ1) is 83.7. The Hall–Kier alpha value is -3.55. The van der Waals surface area contributed by atoms with Crippen LogP contribution in [0.4, 0.5) is 0 Å². The lowest BCUT2D eigenvalue weighted by Crippen LogP contribution is -2.66. The smallest absolute Gasteiger partial charge is 0.220 e. The van der Waals surface area contributed by atoms with Crippen molar-refractivity contribution < 1.29 is 89.4 Å². The lowest BCUT2D eigenvalue weighted by atomic mass is 9.96. The van der Waals surface area contributed by atoms with Gasteiger partial charge in [0.25, 0.3) is 0 Å². The molecule has 3 aliphatic rings. The van der Waals surface area contributed by atoms with E-state index in [0.29, 0.717) is 25.7 Å². The average Bonchev–Trinajstić information content (AvgIpc) is 1.00. The number of aliphatic hydroxyl groups excluding tert-OH is 11. The van der Waals surface area contributed by atoms with Crippen LogP contribution in [0.25, 0.3) is 0 Å². The summed E-state index contributed by atoms with van der Waals surface area (Å²) in [6.45, 7) is 1.64. The summed E-state index contributed by atoms with van der Waals surface area (Å²) in [4.78, 5) is 13.4. The Balaban J connectivity index is 1.45. The number of carbonyl (C=O) groups excluding carboxylic acids is 1. The minimum atomic E-state index is -1.98. The van der Waals surface area contributed by atoms with Gasteiger partial charge in [-0.15, -0.1) is 0 Å². The van der Waals surface area contributed by atoms with Gasteiger partial charge in [-0.05, 0) is 77.0 Å². The van der Waals surface area contributed by atoms with Crippen molar-refractivity contribution in [3.8, 4) is 0 Å².